The Hall–Kier alpha value is -1.32. The van der Waals surface area contributed by atoms with Crippen molar-refractivity contribution in [1.29, 1.82) is 0 Å². The molecule has 0 bridgehead atoms. The molecule has 0 spiro atoms. The maximum atomic E-state index is 11.9. The van der Waals surface area contributed by atoms with Gasteiger partial charge in [-0.1, -0.05) is 6.92 Å². The van der Waals surface area contributed by atoms with Crippen LogP contribution in [0.4, 0.5) is 0 Å². The number of nitrogens with zero attached hydrogens (tertiary/aromatic N) is 3. The van der Waals surface area contributed by atoms with Gasteiger partial charge in [0.1, 0.15) is 0 Å². The van der Waals surface area contributed by atoms with Crippen LogP contribution in [0, 0.1) is 13.8 Å². The molecule has 1 heterocycles. The number of halogens is 1. The number of aliphatic imine (C=N–C) groups is 1. The summed E-state index contributed by atoms with van der Waals surface area (Å²) in [6, 6.07) is 0.423. The largest absolute Gasteiger partial charge is 0.357 e. The van der Waals surface area contributed by atoms with Crippen molar-refractivity contribution in [3.63, 3.8) is 0 Å². The van der Waals surface area contributed by atoms with Crippen LogP contribution in [0.25, 0.3) is 0 Å². The van der Waals surface area contributed by atoms with Crippen LogP contribution in [0.5, 0.6) is 0 Å². The summed E-state index contributed by atoms with van der Waals surface area (Å²) in [7, 11) is 1.97. The van der Waals surface area contributed by atoms with Gasteiger partial charge in [-0.05, 0) is 53.0 Å². The van der Waals surface area contributed by atoms with Crippen LogP contribution in [0.1, 0.15) is 57.5 Å². The number of nitrogens with one attached hydrogen (secondary N) is 3. The molecule has 2 unspecified atom stereocenters. The average Bonchev–Trinajstić information content (AvgIpc) is 2.81. The number of hydrogen-bond acceptors (Lipinski definition) is 3. The quantitative estimate of drug-likeness (QED) is 0.281. The van der Waals surface area contributed by atoms with Gasteiger partial charge in [0.05, 0.1) is 12.2 Å². The summed E-state index contributed by atoms with van der Waals surface area (Å²) in [5.74, 6) is 0.796. The molecule has 1 aromatic heterocycles. The molecule has 8 heteroatoms. The number of carbonyl (C=O) groups is 1. The summed E-state index contributed by atoms with van der Waals surface area (Å²) in [6.07, 6.45) is 2.21. The van der Waals surface area contributed by atoms with Crippen molar-refractivity contribution in [1.82, 2.24) is 25.7 Å². The summed E-state index contributed by atoms with van der Waals surface area (Å²) in [5, 5.41) is 14.1. The van der Waals surface area contributed by atoms with Gasteiger partial charge in [0.15, 0.2) is 5.96 Å². The van der Waals surface area contributed by atoms with E-state index in [1.807, 2.05) is 32.5 Å². The third-order valence-corrected chi connectivity index (χ3v) is 4.53. The van der Waals surface area contributed by atoms with E-state index >= 15 is 0 Å². The molecule has 0 aromatic carbocycles. The van der Waals surface area contributed by atoms with Crippen molar-refractivity contribution >= 4 is 35.8 Å². The predicted octanol–water partition coefficient (Wildman–Crippen LogP) is 2.45. The van der Waals surface area contributed by atoms with Gasteiger partial charge in [0, 0.05) is 37.8 Å². The lowest BCUT2D eigenvalue weighted by Crippen LogP contribution is -2.43. The zero-order valence-electron chi connectivity index (χ0n) is 17.8. The molecule has 2 atom stereocenters. The van der Waals surface area contributed by atoms with Gasteiger partial charge in [-0.25, -0.2) is 0 Å². The Bertz CT molecular complexity index is 614. The molecule has 0 aliphatic heterocycles. The van der Waals surface area contributed by atoms with E-state index in [4.69, 9.17) is 0 Å². The second-order valence-electron chi connectivity index (χ2n) is 6.91. The smallest absolute Gasteiger partial charge is 0.222 e. The molecule has 1 rings (SSSR count). The van der Waals surface area contributed by atoms with Crippen LogP contribution in [0.3, 0.4) is 0 Å². The van der Waals surface area contributed by atoms with Gasteiger partial charge >= 0.3 is 0 Å². The highest BCUT2D eigenvalue weighted by Gasteiger charge is 2.14. The molecule has 156 valence electrons. The van der Waals surface area contributed by atoms with E-state index in [-0.39, 0.29) is 42.0 Å². The van der Waals surface area contributed by atoms with E-state index in [0.29, 0.717) is 13.0 Å². The summed E-state index contributed by atoms with van der Waals surface area (Å²) >= 11 is 0. The number of rotatable bonds is 9. The third kappa shape index (κ3) is 8.94. The number of aryl methyl sites for hydroxylation is 2. The number of carbonyl (C=O) groups excluding carboxylic acids is 1. The van der Waals surface area contributed by atoms with Gasteiger partial charge in [-0.2, -0.15) is 5.10 Å². The fourth-order valence-corrected chi connectivity index (χ4v) is 2.74. The SMILES string of the molecule is CCNC(=NCCC(=O)NC(C)CC)NC(C)Cc1c(C)nn(C)c1C.I. The molecule has 0 aliphatic rings. The minimum atomic E-state index is 0. The molecule has 0 aliphatic carbocycles. The van der Waals surface area contributed by atoms with Crippen molar-refractivity contribution in [3.05, 3.63) is 17.0 Å². The van der Waals surface area contributed by atoms with E-state index in [1.165, 1.54) is 11.3 Å². The summed E-state index contributed by atoms with van der Waals surface area (Å²) in [6.45, 7) is 13.6. The molecule has 27 heavy (non-hydrogen) atoms. The van der Waals surface area contributed by atoms with Crippen LogP contribution in [-0.2, 0) is 18.3 Å². The van der Waals surface area contributed by atoms with Crippen molar-refractivity contribution in [3.8, 4) is 0 Å². The first-order valence-corrected chi connectivity index (χ1v) is 9.61. The predicted molar refractivity (Wildman–Crippen MR) is 123 cm³/mol. The van der Waals surface area contributed by atoms with Crippen molar-refractivity contribution in [2.75, 3.05) is 13.1 Å². The molecule has 1 aromatic rings. The topological polar surface area (TPSA) is 83.3 Å². The molecule has 0 radical (unpaired) electrons. The Kier molecular flexibility index (Phi) is 12.3. The first-order valence-electron chi connectivity index (χ1n) is 9.61. The van der Waals surface area contributed by atoms with Crippen molar-refractivity contribution < 1.29 is 4.79 Å². The summed E-state index contributed by atoms with van der Waals surface area (Å²) < 4.78 is 1.92. The molecule has 1 amide bonds. The number of hydrogen-bond donors (Lipinski definition) is 3. The highest BCUT2D eigenvalue weighted by Crippen LogP contribution is 2.14. The zero-order valence-corrected chi connectivity index (χ0v) is 20.2. The van der Waals surface area contributed by atoms with Crippen molar-refractivity contribution in [2.45, 2.75) is 72.9 Å². The van der Waals surface area contributed by atoms with E-state index in [0.717, 1.165) is 31.0 Å². The zero-order chi connectivity index (χ0) is 19.7. The van der Waals surface area contributed by atoms with E-state index in [9.17, 15) is 4.79 Å². The summed E-state index contributed by atoms with van der Waals surface area (Å²) in [5.41, 5.74) is 3.54. The lowest BCUT2D eigenvalue weighted by atomic mass is 10.1. The Balaban J connectivity index is 0.00000676. The molecule has 7 nitrogen and oxygen atoms in total. The van der Waals surface area contributed by atoms with Crippen LogP contribution in [0.15, 0.2) is 4.99 Å². The molecule has 0 saturated carbocycles. The van der Waals surface area contributed by atoms with Crippen LogP contribution >= 0.6 is 24.0 Å². The maximum absolute atomic E-state index is 11.9. The molecular formula is C19H37IN6O. The van der Waals surface area contributed by atoms with Crippen LogP contribution in [-0.4, -0.2) is 46.8 Å². The normalized spacial score (nSPS) is 13.5. The highest BCUT2D eigenvalue weighted by atomic mass is 127. The average molecular weight is 492 g/mol. The van der Waals surface area contributed by atoms with Gasteiger partial charge in [-0.15, -0.1) is 24.0 Å². The fraction of sp³-hybridized carbons (Fsp3) is 0.737. The van der Waals surface area contributed by atoms with Crippen LogP contribution < -0.4 is 16.0 Å². The molecular weight excluding hydrogens is 455 g/mol. The monoisotopic (exact) mass is 492 g/mol. The first kappa shape index (κ1) is 25.7. The van der Waals surface area contributed by atoms with E-state index in [1.54, 1.807) is 0 Å². The summed E-state index contributed by atoms with van der Waals surface area (Å²) in [4.78, 5) is 16.4. The Morgan fingerprint density at radius 2 is 1.85 bits per heavy atom. The standard InChI is InChI=1S/C19H36N6O.HI/c1-8-13(3)22-18(26)10-11-21-19(20-9-2)23-14(4)12-17-15(5)24-25(7)16(17)6;/h13-14H,8-12H2,1-7H3,(H,22,26)(H2,20,21,23);1H. The van der Waals surface area contributed by atoms with E-state index in [2.05, 4.69) is 46.8 Å². The highest BCUT2D eigenvalue weighted by molar-refractivity contribution is 14.0. The second kappa shape index (κ2) is 13.0. The number of amides is 1. The number of aromatic nitrogens is 2. The molecule has 0 saturated heterocycles. The minimum absolute atomic E-state index is 0. The van der Waals surface area contributed by atoms with E-state index < -0.39 is 0 Å². The Labute approximate surface area is 181 Å². The van der Waals surface area contributed by atoms with Crippen LogP contribution in [0.2, 0.25) is 0 Å². The van der Waals surface area contributed by atoms with Crippen molar-refractivity contribution in [2.24, 2.45) is 12.0 Å². The fourth-order valence-electron chi connectivity index (χ4n) is 2.74. The first-order chi connectivity index (χ1) is 12.3. The lowest BCUT2D eigenvalue weighted by Gasteiger charge is -2.18. The second-order valence-corrected chi connectivity index (χ2v) is 6.91. The molecule has 3 N–H and O–H groups in total. The van der Waals surface area contributed by atoms with Gasteiger partial charge in [-0.3, -0.25) is 14.5 Å². The maximum Gasteiger partial charge on any atom is 0.222 e. The Morgan fingerprint density at radius 3 is 2.37 bits per heavy atom. The Morgan fingerprint density at radius 1 is 1.19 bits per heavy atom. The van der Waals surface area contributed by atoms with Gasteiger partial charge in [0.2, 0.25) is 5.91 Å². The lowest BCUT2D eigenvalue weighted by molar-refractivity contribution is -0.121. The number of guanidine groups is 1. The molecule has 0 fully saturated rings. The minimum Gasteiger partial charge on any atom is -0.357 e. The van der Waals surface area contributed by atoms with Gasteiger partial charge in [0.25, 0.3) is 0 Å². The van der Waals surface area contributed by atoms with Gasteiger partial charge < -0.3 is 16.0 Å². The third-order valence-electron chi connectivity index (χ3n) is 4.53.